The van der Waals surface area contributed by atoms with Gasteiger partial charge in [-0.15, -0.1) is 0 Å². The van der Waals surface area contributed by atoms with Gasteiger partial charge >= 0.3 is 6.18 Å². The highest BCUT2D eigenvalue weighted by Crippen LogP contribution is 2.39. The first-order chi connectivity index (χ1) is 8.41. The van der Waals surface area contributed by atoms with Gasteiger partial charge in [0.05, 0.1) is 11.3 Å². The van der Waals surface area contributed by atoms with Crippen molar-refractivity contribution in [1.29, 1.82) is 0 Å². The first kappa shape index (κ1) is 12.5. The summed E-state index contributed by atoms with van der Waals surface area (Å²) < 4.78 is 63.0. The molecule has 96 valence electrons. The average molecular weight is 263 g/mol. The fourth-order valence-electron chi connectivity index (χ4n) is 1.48. The molecule has 0 radical (unpaired) electrons. The van der Waals surface area contributed by atoms with Crippen LogP contribution in [0.4, 0.5) is 22.0 Å². The van der Waals surface area contributed by atoms with Crippen LogP contribution in [0.3, 0.4) is 0 Å². The third kappa shape index (κ3) is 2.18. The topological polar surface area (TPSA) is 41.6 Å². The summed E-state index contributed by atoms with van der Waals surface area (Å²) in [6.07, 6.45) is -6.92. The van der Waals surface area contributed by atoms with Crippen LogP contribution < -0.4 is 0 Å². The summed E-state index contributed by atoms with van der Waals surface area (Å²) in [4.78, 5) is 3.70. The van der Waals surface area contributed by atoms with Crippen LogP contribution in [0.15, 0.2) is 24.4 Å². The first-order valence-electron chi connectivity index (χ1n) is 4.76. The molecule has 0 unspecified atom stereocenters. The minimum Gasteiger partial charge on any atom is -0.272 e. The lowest BCUT2D eigenvalue weighted by Crippen LogP contribution is -2.09. The molecule has 2 aromatic heterocycles. The number of alkyl halides is 5. The van der Waals surface area contributed by atoms with Gasteiger partial charge in [0.25, 0.3) is 6.43 Å². The molecule has 0 aliphatic rings. The van der Waals surface area contributed by atoms with Crippen molar-refractivity contribution in [1.82, 2.24) is 15.2 Å². The van der Waals surface area contributed by atoms with Crippen molar-refractivity contribution in [3.63, 3.8) is 0 Å². The van der Waals surface area contributed by atoms with Crippen molar-refractivity contribution in [2.24, 2.45) is 0 Å². The van der Waals surface area contributed by atoms with Gasteiger partial charge < -0.3 is 0 Å². The summed E-state index contributed by atoms with van der Waals surface area (Å²) in [6.45, 7) is 0. The SMILES string of the molecule is FC(F)c1c(-c2ccccn2)n[nH]c1C(F)(F)F. The van der Waals surface area contributed by atoms with Crippen LogP contribution in [0.2, 0.25) is 0 Å². The van der Waals surface area contributed by atoms with Gasteiger partial charge in [0, 0.05) is 6.20 Å². The zero-order chi connectivity index (χ0) is 13.3. The van der Waals surface area contributed by atoms with Crippen molar-refractivity contribution in [2.75, 3.05) is 0 Å². The van der Waals surface area contributed by atoms with Crippen molar-refractivity contribution in [3.05, 3.63) is 35.7 Å². The van der Waals surface area contributed by atoms with Gasteiger partial charge in [-0.2, -0.15) is 18.3 Å². The van der Waals surface area contributed by atoms with Gasteiger partial charge in [-0.1, -0.05) is 6.07 Å². The molecule has 0 aromatic carbocycles. The van der Waals surface area contributed by atoms with E-state index >= 15 is 0 Å². The molecule has 2 aromatic rings. The van der Waals surface area contributed by atoms with Crippen molar-refractivity contribution >= 4 is 0 Å². The average Bonchev–Trinajstić information content (AvgIpc) is 2.74. The second kappa shape index (κ2) is 4.35. The summed E-state index contributed by atoms with van der Waals surface area (Å²) in [5.74, 6) is 0. The number of aromatic amines is 1. The largest absolute Gasteiger partial charge is 0.433 e. The summed E-state index contributed by atoms with van der Waals surface area (Å²) >= 11 is 0. The molecule has 1 N–H and O–H groups in total. The summed E-state index contributed by atoms with van der Waals surface area (Å²) in [5, 5.41) is 4.89. The van der Waals surface area contributed by atoms with Gasteiger partial charge in [0.15, 0.2) is 0 Å². The Bertz CT molecular complexity index is 532. The van der Waals surface area contributed by atoms with Crippen molar-refractivity contribution < 1.29 is 22.0 Å². The van der Waals surface area contributed by atoms with E-state index in [1.165, 1.54) is 24.4 Å². The minimum atomic E-state index is -4.91. The third-order valence-corrected chi connectivity index (χ3v) is 2.21. The van der Waals surface area contributed by atoms with Crippen molar-refractivity contribution in [2.45, 2.75) is 12.6 Å². The molecule has 0 saturated heterocycles. The quantitative estimate of drug-likeness (QED) is 0.843. The highest BCUT2D eigenvalue weighted by molar-refractivity contribution is 5.60. The Morgan fingerprint density at radius 2 is 1.89 bits per heavy atom. The molecule has 0 aliphatic heterocycles. The number of pyridine rings is 1. The maximum absolute atomic E-state index is 12.7. The molecule has 18 heavy (non-hydrogen) atoms. The van der Waals surface area contributed by atoms with Crippen LogP contribution in [-0.4, -0.2) is 15.2 Å². The zero-order valence-corrected chi connectivity index (χ0v) is 8.67. The van der Waals surface area contributed by atoms with Crippen LogP contribution in [-0.2, 0) is 6.18 Å². The second-order valence-corrected chi connectivity index (χ2v) is 3.37. The summed E-state index contributed by atoms with van der Waals surface area (Å²) in [5.41, 5.74) is -3.25. The van der Waals surface area contributed by atoms with Crippen LogP contribution in [0.5, 0.6) is 0 Å². The van der Waals surface area contributed by atoms with Crippen LogP contribution in [0, 0.1) is 0 Å². The van der Waals surface area contributed by atoms with E-state index in [0.29, 0.717) is 0 Å². The number of rotatable bonds is 2. The lowest BCUT2D eigenvalue weighted by molar-refractivity contribution is -0.143. The monoisotopic (exact) mass is 263 g/mol. The Hall–Kier alpha value is -1.99. The number of nitrogens with zero attached hydrogens (tertiary/aromatic N) is 2. The summed E-state index contributed by atoms with van der Waals surface area (Å²) in [6, 6.07) is 4.30. The molecule has 2 rings (SSSR count). The predicted molar refractivity (Wildman–Crippen MR) is 51.8 cm³/mol. The fraction of sp³-hybridized carbons (Fsp3) is 0.200. The van der Waals surface area contributed by atoms with E-state index in [1.54, 1.807) is 5.10 Å². The van der Waals surface area contributed by atoms with Gasteiger partial charge in [-0.25, -0.2) is 8.78 Å². The van der Waals surface area contributed by atoms with Crippen LogP contribution in [0.1, 0.15) is 17.7 Å². The number of aromatic nitrogens is 3. The highest BCUT2D eigenvalue weighted by atomic mass is 19.4. The van der Waals surface area contributed by atoms with Gasteiger partial charge in [-0.3, -0.25) is 10.1 Å². The Morgan fingerprint density at radius 1 is 1.17 bits per heavy atom. The maximum Gasteiger partial charge on any atom is 0.433 e. The highest BCUT2D eigenvalue weighted by Gasteiger charge is 2.40. The molecular formula is C10H6F5N3. The van der Waals surface area contributed by atoms with E-state index in [-0.39, 0.29) is 5.69 Å². The standard InChI is InChI=1S/C10H6F5N3/c11-9(12)6-7(5-3-1-2-4-16-5)17-18-8(6)10(13,14)15/h1-4,9H,(H,17,18). The summed E-state index contributed by atoms with van der Waals surface area (Å²) in [7, 11) is 0. The van der Waals surface area contributed by atoms with Gasteiger partial charge in [0.1, 0.15) is 11.4 Å². The molecule has 0 aliphatic carbocycles. The molecule has 0 saturated carbocycles. The molecule has 3 nitrogen and oxygen atoms in total. The van der Waals surface area contributed by atoms with Gasteiger partial charge in [-0.05, 0) is 12.1 Å². The number of hydrogen-bond acceptors (Lipinski definition) is 2. The molecule has 2 heterocycles. The van der Waals surface area contributed by atoms with E-state index in [0.717, 1.165) is 0 Å². The number of nitrogens with one attached hydrogen (secondary N) is 1. The number of hydrogen-bond donors (Lipinski definition) is 1. The second-order valence-electron chi connectivity index (χ2n) is 3.37. The predicted octanol–water partition coefficient (Wildman–Crippen LogP) is 3.43. The maximum atomic E-state index is 12.7. The van der Waals surface area contributed by atoms with Gasteiger partial charge in [0.2, 0.25) is 0 Å². The number of H-pyrrole nitrogens is 1. The zero-order valence-electron chi connectivity index (χ0n) is 8.67. The molecule has 0 spiro atoms. The van der Waals surface area contributed by atoms with E-state index in [9.17, 15) is 22.0 Å². The first-order valence-corrected chi connectivity index (χ1v) is 4.76. The lowest BCUT2D eigenvalue weighted by Gasteiger charge is -2.07. The Kier molecular flexibility index (Phi) is 3.02. The number of halogens is 5. The van der Waals surface area contributed by atoms with E-state index in [1.807, 2.05) is 0 Å². The third-order valence-electron chi connectivity index (χ3n) is 2.21. The smallest absolute Gasteiger partial charge is 0.272 e. The fourth-order valence-corrected chi connectivity index (χ4v) is 1.48. The molecule has 0 atom stereocenters. The van der Waals surface area contributed by atoms with Crippen LogP contribution >= 0.6 is 0 Å². The minimum absolute atomic E-state index is 0.0421. The normalized spacial score (nSPS) is 12.1. The lowest BCUT2D eigenvalue weighted by atomic mass is 10.1. The van der Waals surface area contributed by atoms with E-state index in [4.69, 9.17) is 0 Å². The molecule has 0 bridgehead atoms. The Balaban J connectivity index is 2.60. The van der Waals surface area contributed by atoms with E-state index in [2.05, 4.69) is 10.1 Å². The van der Waals surface area contributed by atoms with Crippen molar-refractivity contribution in [3.8, 4) is 11.4 Å². The Labute approximate surface area is 97.7 Å². The molecule has 0 fully saturated rings. The molecular weight excluding hydrogens is 257 g/mol. The molecule has 8 heteroatoms. The molecule has 0 amide bonds. The van der Waals surface area contributed by atoms with Crippen LogP contribution in [0.25, 0.3) is 11.4 Å². The Morgan fingerprint density at radius 3 is 2.39 bits per heavy atom. The van der Waals surface area contributed by atoms with E-state index < -0.39 is 29.6 Å².